The Morgan fingerprint density at radius 2 is 2.17 bits per heavy atom. The van der Waals surface area contributed by atoms with E-state index in [4.69, 9.17) is 22.1 Å². The Kier molecular flexibility index (Phi) is 7.13. The smallest absolute Gasteiger partial charge is 0.254 e. The largest absolute Gasteiger partial charge is 0.381 e. The molecule has 0 saturated carbocycles. The first-order valence-electron chi connectivity index (χ1n) is 9.38. The number of hydrogen-bond acceptors (Lipinski definition) is 6. The van der Waals surface area contributed by atoms with E-state index in [2.05, 4.69) is 22.0 Å². The number of fused-ring (bicyclic) bond motifs is 1. The maximum atomic E-state index is 12.5. The van der Waals surface area contributed by atoms with Crippen LogP contribution < -0.4 is 11.1 Å². The number of primary amides is 1. The number of nitrogens with two attached hydrogens (primary N) is 1. The Morgan fingerprint density at radius 1 is 1.41 bits per heavy atom. The first kappa shape index (κ1) is 21.2. The molecule has 0 aliphatic carbocycles. The zero-order valence-electron chi connectivity index (χ0n) is 16.1. The molecule has 154 valence electrons. The number of nitrogens with one attached hydrogen (secondary N) is 1. The summed E-state index contributed by atoms with van der Waals surface area (Å²) in [5.74, 6) is -0.789. The van der Waals surface area contributed by atoms with Gasteiger partial charge in [-0.2, -0.15) is 0 Å². The van der Waals surface area contributed by atoms with Crippen molar-refractivity contribution in [2.24, 2.45) is 15.7 Å². The second-order valence-electron chi connectivity index (χ2n) is 6.91. The number of ether oxygens (including phenoxy) is 1. The van der Waals surface area contributed by atoms with Gasteiger partial charge in [-0.1, -0.05) is 23.7 Å². The summed E-state index contributed by atoms with van der Waals surface area (Å²) in [5, 5.41) is 3.67. The highest BCUT2D eigenvalue weighted by molar-refractivity contribution is 6.42. The van der Waals surface area contributed by atoms with Crippen LogP contribution in [0.4, 0.5) is 0 Å². The van der Waals surface area contributed by atoms with E-state index in [0.717, 1.165) is 31.6 Å². The van der Waals surface area contributed by atoms with Crippen molar-refractivity contribution in [3.05, 3.63) is 39.9 Å². The van der Waals surface area contributed by atoms with Crippen molar-refractivity contribution >= 4 is 42.0 Å². The Hall–Kier alpha value is -2.55. The number of rotatable bonds is 8. The fourth-order valence-corrected chi connectivity index (χ4v) is 3.64. The van der Waals surface area contributed by atoms with Crippen LogP contribution in [0.15, 0.2) is 33.2 Å². The molecule has 8 nitrogen and oxygen atoms in total. The number of carbonyl (C=O) groups is 2. The van der Waals surface area contributed by atoms with Gasteiger partial charge in [-0.25, -0.2) is 0 Å². The van der Waals surface area contributed by atoms with Crippen molar-refractivity contribution in [2.45, 2.75) is 25.4 Å². The summed E-state index contributed by atoms with van der Waals surface area (Å²) in [4.78, 5) is 33.4. The number of carbonyl (C=O) groups excluding carboxylic acids is 2. The van der Waals surface area contributed by atoms with Crippen LogP contribution in [0.1, 0.15) is 34.3 Å². The third-order valence-electron chi connectivity index (χ3n) is 4.89. The van der Waals surface area contributed by atoms with E-state index in [1.807, 2.05) is 12.1 Å². The first-order chi connectivity index (χ1) is 14.0. The van der Waals surface area contributed by atoms with E-state index in [9.17, 15) is 9.59 Å². The minimum absolute atomic E-state index is 0.112. The van der Waals surface area contributed by atoms with Crippen molar-refractivity contribution in [1.82, 2.24) is 10.2 Å². The van der Waals surface area contributed by atoms with Crippen molar-refractivity contribution < 1.29 is 14.3 Å². The molecule has 9 heteroatoms. The lowest BCUT2D eigenvalue weighted by Gasteiger charge is -2.22. The summed E-state index contributed by atoms with van der Waals surface area (Å²) in [6.07, 6.45) is 3.47. The van der Waals surface area contributed by atoms with Crippen LogP contribution in [-0.4, -0.2) is 62.1 Å². The topological polar surface area (TPSA) is 109 Å². The zero-order chi connectivity index (χ0) is 20.8. The molecule has 1 fully saturated rings. The van der Waals surface area contributed by atoms with Gasteiger partial charge in [0.2, 0.25) is 5.91 Å². The summed E-state index contributed by atoms with van der Waals surface area (Å²) in [6, 6.07) is 5.74. The van der Waals surface area contributed by atoms with Gasteiger partial charge < -0.3 is 15.4 Å². The Morgan fingerprint density at radius 3 is 2.86 bits per heavy atom. The van der Waals surface area contributed by atoms with Gasteiger partial charge >= 0.3 is 0 Å². The molecule has 0 spiro atoms. The van der Waals surface area contributed by atoms with Crippen LogP contribution in [-0.2, 0) is 16.1 Å². The van der Waals surface area contributed by atoms with Crippen LogP contribution >= 0.6 is 11.6 Å². The first-order valence-corrected chi connectivity index (χ1v) is 9.75. The summed E-state index contributed by atoms with van der Waals surface area (Å²) >= 11 is 6.38. The summed E-state index contributed by atoms with van der Waals surface area (Å²) in [7, 11) is 0. The number of aliphatic imine (C=N–C) groups is 2. The van der Waals surface area contributed by atoms with Crippen LogP contribution in [0.25, 0.3) is 5.70 Å². The van der Waals surface area contributed by atoms with Gasteiger partial charge in [0, 0.05) is 43.1 Å². The SMILES string of the molecule is C=N/C(=C(/Cl)C=NCNC1CCOCC1)c1ccc2c(c1)C(=O)N(CC(N)=O)C2. The van der Waals surface area contributed by atoms with Crippen LogP contribution in [0, 0.1) is 0 Å². The van der Waals surface area contributed by atoms with Gasteiger partial charge in [0.05, 0.1) is 23.9 Å². The fourth-order valence-electron chi connectivity index (χ4n) is 3.40. The van der Waals surface area contributed by atoms with Crippen LogP contribution in [0.2, 0.25) is 0 Å². The molecule has 0 unspecified atom stereocenters. The Balaban J connectivity index is 1.70. The molecule has 2 heterocycles. The maximum absolute atomic E-state index is 12.5. The molecular formula is C20H24ClN5O3. The van der Waals surface area contributed by atoms with E-state index in [-0.39, 0.29) is 12.5 Å². The van der Waals surface area contributed by atoms with Gasteiger partial charge in [-0.3, -0.25) is 24.9 Å². The molecule has 1 aromatic carbocycles. The van der Waals surface area contributed by atoms with Crippen LogP contribution in [0.5, 0.6) is 0 Å². The maximum Gasteiger partial charge on any atom is 0.254 e. The highest BCUT2D eigenvalue weighted by atomic mass is 35.5. The number of nitrogens with zero attached hydrogens (tertiary/aromatic N) is 3. The molecule has 1 aromatic rings. The van der Waals surface area contributed by atoms with E-state index >= 15 is 0 Å². The fraction of sp³-hybridized carbons (Fsp3) is 0.400. The minimum atomic E-state index is -0.548. The molecule has 1 saturated heterocycles. The molecule has 0 bridgehead atoms. The number of benzene rings is 1. The minimum Gasteiger partial charge on any atom is -0.381 e. The van der Waals surface area contributed by atoms with Gasteiger partial charge in [0.25, 0.3) is 5.91 Å². The average molecular weight is 418 g/mol. The Labute approximate surface area is 174 Å². The summed E-state index contributed by atoms with van der Waals surface area (Å²) in [5.41, 5.74) is 7.63. The number of hydrogen-bond donors (Lipinski definition) is 2. The molecule has 0 atom stereocenters. The van der Waals surface area contributed by atoms with E-state index in [1.165, 1.54) is 11.1 Å². The molecule has 29 heavy (non-hydrogen) atoms. The summed E-state index contributed by atoms with van der Waals surface area (Å²) in [6.45, 7) is 5.80. The Bertz CT molecular complexity index is 862. The van der Waals surface area contributed by atoms with E-state index < -0.39 is 5.91 Å². The highest BCUT2D eigenvalue weighted by Crippen LogP contribution is 2.28. The lowest BCUT2D eigenvalue weighted by molar-refractivity contribution is -0.118. The third-order valence-corrected chi connectivity index (χ3v) is 5.17. The van der Waals surface area contributed by atoms with Gasteiger partial charge in [-0.05, 0) is 31.2 Å². The summed E-state index contributed by atoms with van der Waals surface area (Å²) < 4.78 is 5.33. The van der Waals surface area contributed by atoms with Crippen molar-refractivity contribution in [3.63, 3.8) is 0 Å². The zero-order valence-corrected chi connectivity index (χ0v) is 16.8. The quantitative estimate of drug-likeness (QED) is 0.625. The van der Waals surface area contributed by atoms with E-state index in [0.29, 0.717) is 41.1 Å². The average Bonchev–Trinajstić information content (AvgIpc) is 3.01. The van der Waals surface area contributed by atoms with Crippen molar-refractivity contribution in [3.8, 4) is 0 Å². The van der Waals surface area contributed by atoms with Crippen molar-refractivity contribution in [1.29, 1.82) is 0 Å². The van der Waals surface area contributed by atoms with Gasteiger partial charge in [-0.15, -0.1) is 0 Å². The third kappa shape index (κ3) is 5.29. The van der Waals surface area contributed by atoms with Crippen LogP contribution in [0.3, 0.4) is 0 Å². The lowest BCUT2D eigenvalue weighted by Crippen LogP contribution is -2.34. The molecule has 3 rings (SSSR count). The second-order valence-corrected chi connectivity index (χ2v) is 7.32. The molecule has 2 aliphatic rings. The predicted molar refractivity (Wildman–Crippen MR) is 113 cm³/mol. The number of halogens is 1. The highest BCUT2D eigenvalue weighted by Gasteiger charge is 2.28. The van der Waals surface area contributed by atoms with E-state index in [1.54, 1.807) is 6.07 Å². The normalized spacial score (nSPS) is 18.1. The number of allylic oxidation sites excluding steroid dienone is 1. The molecule has 2 amide bonds. The molecule has 0 aromatic heterocycles. The van der Waals surface area contributed by atoms with Gasteiger partial charge in [0.15, 0.2) is 0 Å². The van der Waals surface area contributed by atoms with Gasteiger partial charge in [0.1, 0.15) is 0 Å². The monoisotopic (exact) mass is 417 g/mol. The number of amides is 2. The molecule has 0 radical (unpaired) electrons. The lowest BCUT2D eigenvalue weighted by atomic mass is 10.0. The molecule has 2 aliphatic heterocycles. The standard InChI is InChI=1S/C20H24ClN5O3/c1-23-19(17(21)9-24-12-25-15-4-6-29-7-5-15)13-2-3-14-10-26(11-18(22)27)20(28)16(14)8-13/h2-3,8-9,15,25H,1,4-7,10-12H2,(H2,22,27)/b19-17+,24-9?. The molecule has 3 N–H and O–H groups in total. The van der Waals surface area contributed by atoms with Crippen molar-refractivity contribution in [2.75, 3.05) is 26.4 Å². The predicted octanol–water partition coefficient (Wildman–Crippen LogP) is 1.53. The molecular weight excluding hydrogens is 394 g/mol. The second kappa shape index (κ2) is 9.78.